The molecule has 0 aliphatic heterocycles. The summed E-state index contributed by atoms with van der Waals surface area (Å²) >= 11 is 4.19. The summed E-state index contributed by atoms with van der Waals surface area (Å²) in [5, 5.41) is 3.58. The van der Waals surface area contributed by atoms with E-state index in [4.69, 9.17) is 0 Å². The summed E-state index contributed by atoms with van der Waals surface area (Å²) in [7, 11) is 1.95. The van der Waals surface area contributed by atoms with Crippen molar-refractivity contribution in [2.45, 2.75) is 18.6 Å². The van der Waals surface area contributed by atoms with Gasteiger partial charge in [-0.05, 0) is 20.0 Å². The van der Waals surface area contributed by atoms with Gasteiger partial charge < -0.3 is 5.32 Å². The fourth-order valence-electron chi connectivity index (χ4n) is 0.353. The van der Waals surface area contributed by atoms with E-state index < -0.39 is 0 Å². The normalized spacial score (nSPS) is 14.1. The summed E-state index contributed by atoms with van der Waals surface area (Å²) in [5.74, 6) is 0. The summed E-state index contributed by atoms with van der Waals surface area (Å²) in [6.45, 7) is 3.17. The minimum absolute atomic E-state index is 0.535. The van der Waals surface area contributed by atoms with Crippen molar-refractivity contribution in [1.82, 2.24) is 5.32 Å². The van der Waals surface area contributed by atoms with Crippen LogP contribution in [0.3, 0.4) is 0 Å². The molecule has 0 bridgehead atoms. The lowest BCUT2D eigenvalue weighted by Gasteiger charge is -1.99. The predicted molar refractivity (Wildman–Crippen MR) is 37.0 cm³/mol. The van der Waals surface area contributed by atoms with E-state index in [2.05, 4.69) is 24.9 Å². The number of thiol groups is 1. The smallest absolute Gasteiger partial charge is 0.0000478 e. The second-order valence-electron chi connectivity index (χ2n) is 1.74. The molecule has 1 N–H and O–H groups in total. The van der Waals surface area contributed by atoms with Gasteiger partial charge in [-0.1, -0.05) is 6.92 Å². The number of rotatable bonds is 3. The van der Waals surface area contributed by atoms with E-state index in [1.54, 1.807) is 0 Å². The first-order valence-electron chi connectivity index (χ1n) is 2.60. The van der Waals surface area contributed by atoms with Crippen LogP contribution in [0.25, 0.3) is 0 Å². The van der Waals surface area contributed by atoms with Gasteiger partial charge in [0.15, 0.2) is 0 Å². The average Bonchev–Trinajstić information content (AvgIpc) is 1.61. The van der Waals surface area contributed by atoms with E-state index in [0.717, 1.165) is 13.0 Å². The molecule has 0 amide bonds. The lowest BCUT2D eigenvalue weighted by atomic mass is 10.3. The molecule has 0 heterocycles. The molecule has 0 aliphatic rings. The highest BCUT2D eigenvalue weighted by molar-refractivity contribution is 7.80. The fraction of sp³-hybridized carbons (Fsp3) is 1.00. The van der Waals surface area contributed by atoms with Crippen molar-refractivity contribution < 1.29 is 0 Å². The molecule has 2 heteroatoms. The Morgan fingerprint density at radius 1 is 1.71 bits per heavy atom. The standard InChI is InChI=1S/C5H13NS/c1-5(7)3-4-6-2/h5-7H,3-4H2,1-2H3. The van der Waals surface area contributed by atoms with E-state index in [-0.39, 0.29) is 0 Å². The summed E-state index contributed by atoms with van der Waals surface area (Å²) in [6.07, 6.45) is 1.15. The van der Waals surface area contributed by atoms with Gasteiger partial charge in [0.2, 0.25) is 0 Å². The lowest BCUT2D eigenvalue weighted by Crippen LogP contribution is -2.10. The van der Waals surface area contributed by atoms with Crippen LogP contribution in [0.2, 0.25) is 0 Å². The first kappa shape index (κ1) is 7.31. The largest absolute Gasteiger partial charge is 0.320 e. The summed E-state index contributed by atoms with van der Waals surface area (Å²) in [6, 6.07) is 0. The zero-order chi connectivity index (χ0) is 5.70. The van der Waals surface area contributed by atoms with Crippen LogP contribution in [-0.2, 0) is 0 Å². The highest BCUT2D eigenvalue weighted by atomic mass is 32.1. The summed E-state index contributed by atoms with van der Waals surface area (Å²) < 4.78 is 0. The maximum absolute atomic E-state index is 4.19. The Morgan fingerprint density at radius 3 is 2.43 bits per heavy atom. The molecule has 0 spiro atoms. The van der Waals surface area contributed by atoms with Gasteiger partial charge in [0, 0.05) is 5.25 Å². The zero-order valence-corrected chi connectivity index (χ0v) is 5.83. The van der Waals surface area contributed by atoms with Gasteiger partial charge >= 0.3 is 0 Å². The second kappa shape index (κ2) is 4.47. The molecule has 0 aromatic rings. The highest BCUT2D eigenvalue weighted by Crippen LogP contribution is 1.95. The Balaban J connectivity index is 2.68. The third kappa shape index (κ3) is 6.31. The van der Waals surface area contributed by atoms with Crippen LogP contribution in [0.5, 0.6) is 0 Å². The van der Waals surface area contributed by atoms with Gasteiger partial charge in [-0.25, -0.2) is 0 Å². The van der Waals surface area contributed by atoms with E-state index in [1.165, 1.54) is 0 Å². The Labute approximate surface area is 50.9 Å². The predicted octanol–water partition coefficient (Wildman–Crippen LogP) is 0.914. The van der Waals surface area contributed by atoms with Crippen molar-refractivity contribution in [2.24, 2.45) is 0 Å². The van der Waals surface area contributed by atoms with Crippen molar-refractivity contribution >= 4 is 12.6 Å². The SMILES string of the molecule is CNCCC(C)S. The maximum atomic E-state index is 4.19. The Bertz CT molecular complexity index is 37.1. The van der Waals surface area contributed by atoms with Crippen molar-refractivity contribution in [3.63, 3.8) is 0 Å². The first-order valence-corrected chi connectivity index (χ1v) is 3.11. The van der Waals surface area contributed by atoms with Gasteiger partial charge in [-0.3, -0.25) is 0 Å². The molecule has 0 aliphatic carbocycles. The van der Waals surface area contributed by atoms with Crippen LogP contribution in [0.15, 0.2) is 0 Å². The van der Waals surface area contributed by atoms with Crippen LogP contribution >= 0.6 is 12.6 Å². The van der Waals surface area contributed by atoms with Crippen molar-refractivity contribution in [2.75, 3.05) is 13.6 Å². The zero-order valence-electron chi connectivity index (χ0n) is 4.94. The quantitative estimate of drug-likeness (QED) is 0.526. The molecule has 0 aromatic carbocycles. The molecule has 1 nitrogen and oxygen atoms in total. The minimum atomic E-state index is 0.535. The molecule has 0 aromatic heterocycles. The molecular weight excluding hydrogens is 106 g/mol. The van der Waals surface area contributed by atoms with Crippen LogP contribution < -0.4 is 5.32 Å². The molecule has 0 saturated carbocycles. The molecule has 0 fully saturated rings. The van der Waals surface area contributed by atoms with E-state index in [1.807, 2.05) is 7.05 Å². The van der Waals surface area contributed by atoms with Crippen LogP contribution in [0.4, 0.5) is 0 Å². The summed E-state index contributed by atoms with van der Waals surface area (Å²) in [5.41, 5.74) is 0. The number of hydrogen-bond donors (Lipinski definition) is 2. The van der Waals surface area contributed by atoms with E-state index in [0.29, 0.717) is 5.25 Å². The number of nitrogens with one attached hydrogen (secondary N) is 1. The van der Waals surface area contributed by atoms with Crippen LogP contribution in [0, 0.1) is 0 Å². The van der Waals surface area contributed by atoms with E-state index >= 15 is 0 Å². The van der Waals surface area contributed by atoms with Crippen molar-refractivity contribution in [1.29, 1.82) is 0 Å². The Morgan fingerprint density at radius 2 is 2.29 bits per heavy atom. The minimum Gasteiger partial charge on any atom is -0.320 e. The first-order chi connectivity index (χ1) is 3.27. The molecule has 7 heavy (non-hydrogen) atoms. The van der Waals surface area contributed by atoms with Gasteiger partial charge in [-0.2, -0.15) is 12.6 Å². The monoisotopic (exact) mass is 119 g/mol. The third-order valence-corrected chi connectivity index (χ3v) is 1.07. The highest BCUT2D eigenvalue weighted by Gasteiger charge is 1.89. The van der Waals surface area contributed by atoms with Gasteiger partial charge in [-0.15, -0.1) is 0 Å². The molecule has 0 saturated heterocycles. The summed E-state index contributed by atoms with van der Waals surface area (Å²) in [4.78, 5) is 0. The van der Waals surface area contributed by atoms with E-state index in [9.17, 15) is 0 Å². The Hall–Kier alpha value is 0.310. The van der Waals surface area contributed by atoms with Crippen LogP contribution in [0.1, 0.15) is 13.3 Å². The number of hydrogen-bond acceptors (Lipinski definition) is 2. The fourth-order valence-corrected chi connectivity index (χ4v) is 0.482. The molecule has 0 radical (unpaired) electrons. The van der Waals surface area contributed by atoms with Crippen molar-refractivity contribution in [3.8, 4) is 0 Å². The molecule has 1 unspecified atom stereocenters. The second-order valence-corrected chi connectivity index (χ2v) is 2.62. The van der Waals surface area contributed by atoms with Crippen LogP contribution in [-0.4, -0.2) is 18.8 Å². The maximum Gasteiger partial charge on any atom is 0.0000478 e. The van der Waals surface area contributed by atoms with Gasteiger partial charge in [0.25, 0.3) is 0 Å². The third-order valence-electron chi connectivity index (χ3n) is 0.812. The van der Waals surface area contributed by atoms with Crippen molar-refractivity contribution in [3.05, 3.63) is 0 Å². The lowest BCUT2D eigenvalue weighted by molar-refractivity contribution is 0.723. The Kier molecular flexibility index (Phi) is 4.67. The van der Waals surface area contributed by atoms with Gasteiger partial charge in [0.05, 0.1) is 0 Å². The van der Waals surface area contributed by atoms with Gasteiger partial charge in [0.1, 0.15) is 0 Å². The molecular formula is C5H13NS. The topological polar surface area (TPSA) is 12.0 Å². The molecule has 0 rings (SSSR count). The average molecular weight is 119 g/mol. The molecule has 44 valence electrons. The molecule has 1 atom stereocenters.